The van der Waals surface area contributed by atoms with Crippen molar-refractivity contribution >= 4 is 11.5 Å². The van der Waals surface area contributed by atoms with Crippen molar-refractivity contribution in [2.24, 2.45) is 0 Å². The van der Waals surface area contributed by atoms with Crippen molar-refractivity contribution in [3.8, 4) is 0 Å². The third-order valence-electron chi connectivity index (χ3n) is 4.96. The van der Waals surface area contributed by atoms with E-state index in [1.165, 1.54) is 32.7 Å². The van der Waals surface area contributed by atoms with Crippen molar-refractivity contribution in [3.63, 3.8) is 0 Å². The van der Waals surface area contributed by atoms with Crippen LogP contribution in [0.5, 0.6) is 0 Å². The SMILES string of the molecule is CCN1CCN(C2CN(c3ccc4nnc(C)n4n3)C2)CC1. The van der Waals surface area contributed by atoms with Crippen LogP contribution in [0.4, 0.5) is 5.82 Å². The Morgan fingerprint density at radius 3 is 2.59 bits per heavy atom. The summed E-state index contributed by atoms with van der Waals surface area (Å²) in [7, 11) is 0. The second-order valence-electron chi connectivity index (χ2n) is 6.24. The van der Waals surface area contributed by atoms with Gasteiger partial charge in [0, 0.05) is 45.3 Å². The number of fused-ring (bicyclic) bond motifs is 1. The fraction of sp³-hybridized carbons (Fsp3) is 0.667. The van der Waals surface area contributed by atoms with E-state index in [9.17, 15) is 0 Å². The predicted molar refractivity (Wildman–Crippen MR) is 85.2 cm³/mol. The molecule has 0 aromatic carbocycles. The zero-order valence-corrected chi connectivity index (χ0v) is 13.3. The zero-order chi connectivity index (χ0) is 15.1. The topological polar surface area (TPSA) is 52.8 Å². The summed E-state index contributed by atoms with van der Waals surface area (Å²) in [6, 6.07) is 4.73. The molecular weight excluding hydrogens is 278 g/mol. The van der Waals surface area contributed by atoms with Crippen LogP contribution in [0.15, 0.2) is 12.1 Å². The first-order valence-corrected chi connectivity index (χ1v) is 8.15. The first-order chi connectivity index (χ1) is 10.7. The Kier molecular flexibility index (Phi) is 3.46. The van der Waals surface area contributed by atoms with Crippen LogP contribution in [-0.4, -0.2) is 81.5 Å². The molecule has 2 aromatic heterocycles. The fourth-order valence-corrected chi connectivity index (χ4v) is 3.37. The van der Waals surface area contributed by atoms with Gasteiger partial charge in [-0.1, -0.05) is 6.92 Å². The molecule has 7 nitrogen and oxygen atoms in total. The minimum atomic E-state index is 0.679. The zero-order valence-electron chi connectivity index (χ0n) is 13.3. The molecule has 0 atom stereocenters. The number of hydrogen-bond acceptors (Lipinski definition) is 6. The lowest BCUT2D eigenvalue weighted by atomic mass is 10.1. The molecule has 22 heavy (non-hydrogen) atoms. The first-order valence-electron chi connectivity index (χ1n) is 8.15. The minimum absolute atomic E-state index is 0.679. The standard InChI is InChI=1S/C15H23N7/c1-3-19-6-8-20(9-7-19)13-10-21(11-13)15-5-4-14-17-16-12(2)22(14)18-15/h4-5,13H,3,6-11H2,1-2H3. The van der Waals surface area contributed by atoms with Gasteiger partial charge in [0.15, 0.2) is 11.5 Å². The number of rotatable bonds is 3. The van der Waals surface area contributed by atoms with E-state index in [1.807, 2.05) is 17.5 Å². The fourth-order valence-electron chi connectivity index (χ4n) is 3.37. The molecule has 0 amide bonds. The van der Waals surface area contributed by atoms with Gasteiger partial charge in [-0.2, -0.15) is 4.52 Å². The molecular formula is C15H23N7. The largest absolute Gasteiger partial charge is 0.352 e. The molecule has 0 unspecified atom stereocenters. The van der Waals surface area contributed by atoms with Crippen LogP contribution in [0.3, 0.4) is 0 Å². The highest BCUT2D eigenvalue weighted by Gasteiger charge is 2.34. The number of aromatic nitrogens is 4. The maximum atomic E-state index is 4.65. The molecule has 2 aromatic rings. The van der Waals surface area contributed by atoms with Crippen LogP contribution >= 0.6 is 0 Å². The van der Waals surface area contributed by atoms with Gasteiger partial charge in [0.05, 0.1) is 0 Å². The summed E-state index contributed by atoms with van der Waals surface area (Å²) in [5.41, 5.74) is 0.814. The van der Waals surface area contributed by atoms with Crippen LogP contribution in [0, 0.1) is 6.92 Å². The van der Waals surface area contributed by atoms with Crippen LogP contribution in [-0.2, 0) is 0 Å². The average Bonchev–Trinajstić information content (AvgIpc) is 2.88. The summed E-state index contributed by atoms with van der Waals surface area (Å²) < 4.78 is 1.82. The Balaban J connectivity index is 1.39. The average molecular weight is 301 g/mol. The van der Waals surface area contributed by atoms with Gasteiger partial charge in [0.1, 0.15) is 5.82 Å². The second kappa shape index (κ2) is 5.48. The van der Waals surface area contributed by atoms with Gasteiger partial charge in [-0.15, -0.1) is 15.3 Å². The van der Waals surface area contributed by atoms with E-state index in [-0.39, 0.29) is 0 Å². The molecule has 0 radical (unpaired) electrons. The summed E-state index contributed by atoms with van der Waals surface area (Å²) in [6.07, 6.45) is 0. The maximum Gasteiger partial charge on any atom is 0.178 e. The Labute approximate surface area is 130 Å². The van der Waals surface area contributed by atoms with E-state index < -0.39 is 0 Å². The highest BCUT2D eigenvalue weighted by molar-refractivity contribution is 5.47. The van der Waals surface area contributed by atoms with Crippen LogP contribution in [0.25, 0.3) is 5.65 Å². The van der Waals surface area contributed by atoms with Crippen molar-refractivity contribution in [1.82, 2.24) is 29.6 Å². The summed E-state index contributed by atoms with van der Waals surface area (Å²) in [5.74, 6) is 1.86. The van der Waals surface area contributed by atoms with Gasteiger partial charge >= 0.3 is 0 Å². The lowest BCUT2D eigenvalue weighted by Gasteiger charge is -2.48. The quantitative estimate of drug-likeness (QED) is 0.810. The van der Waals surface area contributed by atoms with Gasteiger partial charge in [0.2, 0.25) is 0 Å². The van der Waals surface area contributed by atoms with Gasteiger partial charge in [0.25, 0.3) is 0 Å². The molecule has 2 fully saturated rings. The first kappa shape index (κ1) is 13.9. The van der Waals surface area contributed by atoms with E-state index in [1.54, 1.807) is 0 Å². The Bertz CT molecular complexity index is 653. The van der Waals surface area contributed by atoms with E-state index in [0.717, 1.165) is 30.4 Å². The van der Waals surface area contributed by atoms with Gasteiger partial charge in [-0.25, -0.2) is 0 Å². The van der Waals surface area contributed by atoms with Crippen LogP contribution in [0.1, 0.15) is 12.7 Å². The Hall–Kier alpha value is -1.73. The van der Waals surface area contributed by atoms with Gasteiger partial charge in [-0.3, -0.25) is 4.90 Å². The van der Waals surface area contributed by atoms with Gasteiger partial charge < -0.3 is 9.80 Å². The molecule has 0 spiro atoms. The Morgan fingerprint density at radius 1 is 1.09 bits per heavy atom. The van der Waals surface area contributed by atoms with Crippen molar-refractivity contribution in [2.45, 2.75) is 19.9 Å². The maximum absolute atomic E-state index is 4.65. The summed E-state index contributed by atoms with van der Waals surface area (Å²) in [4.78, 5) is 7.50. The number of likely N-dealkylation sites (N-methyl/N-ethyl adjacent to an activating group) is 1. The number of piperazine rings is 1. The molecule has 7 heteroatoms. The van der Waals surface area contributed by atoms with Crippen molar-refractivity contribution < 1.29 is 0 Å². The summed E-state index contributed by atoms with van der Waals surface area (Å²) >= 11 is 0. The molecule has 2 aliphatic heterocycles. The lowest BCUT2D eigenvalue weighted by Crippen LogP contribution is -2.63. The number of nitrogens with zero attached hydrogens (tertiary/aromatic N) is 7. The highest BCUT2D eigenvalue weighted by Crippen LogP contribution is 2.23. The lowest BCUT2D eigenvalue weighted by molar-refractivity contribution is 0.0858. The molecule has 4 rings (SSSR count). The van der Waals surface area contributed by atoms with Gasteiger partial charge in [-0.05, 0) is 25.6 Å². The van der Waals surface area contributed by atoms with Crippen LogP contribution < -0.4 is 4.90 Å². The molecule has 0 saturated carbocycles. The molecule has 2 saturated heterocycles. The smallest absolute Gasteiger partial charge is 0.178 e. The number of hydrogen-bond donors (Lipinski definition) is 0. The highest BCUT2D eigenvalue weighted by atomic mass is 15.4. The van der Waals surface area contributed by atoms with E-state index in [4.69, 9.17) is 0 Å². The van der Waals surface area contributed by atoms with Crippen molar-refractivity contribution in [2.75, 3.05) is 50.7 Å². The van der Waals surface area contributed by atoms with Crippen LogP contribution in [0.2, 0.25) is 0 Å². The van der Waals surface area contributed by atoms with E-state index in [0.29, 0.717) is 6.04 Å². The number of aryl methyl sites for hydroxylation is 1. The molecule has 0 N–H and O–H groups in total. The number of anilines is 1. The normalized spacial score (nSPS) is 21.5. The van der Waals surface area contributed by atoms with Crippen molar-refractivity contribution in [3.05, 3.63) is 18.0 Å². The third-order valence-corrected chi connectivity index (χ3v) is 4.96. The summed E-state index contributed by atoms with van der Waals surface area (Å²) in [5, 5.41) is 12.8. The predicted octanol–water partition coefficient (Wildman–Crippen LogP) is 0.259. The monoisotopic (exact) mass is 301 g/mol. The third kappa shape index (κ3) is 2.34. The molecule has 118 valence electrons. The molecule has 2 aliphatic rings. The van der Waals surface area contributed by atoms with E-state index in [2.05, 4.69) is 43.0 Å². The molecule has 0 bridgehead atoms. The minimum Gasteiger partial charge on any atom is -0.352 e. The molecule has 4 heterocycles. The van der Waals surface area contributed by atoms with Crippen molar-refractivity contribution in [1.29, 1.82) is 0 Å². The van der Waals surface area contributed by atoms with E-state index >= 15 is 0 Å². The second-order valence-corrected chi connectivity index (χ2v) is 6.24. The molecule has 0 aliphatic carbocycles. The summed E-state index contributed by atoms with van der Waals surface area (Å²) in [6.45, 7) is 12.3. The Morgan fingerprint density at radius 2 is 1.86 bits per heavy atom.